The lowest BCUT2D eigenvalue weighted by Crippen LogP contribution is -1.96. The second-order valence-corrected chi connectivity index (χ2v) is 3.48. The predicted octanol–water partition coefficient (Wildman–Crippen LogP) is 2.78. The molecule has 0 aliphatic carbocycles. The number of unbranched alkanes of at least 4 members (excludes halogenated alkanes) is 1. The molecule has 0 fully saturated rings. The van der Waals surface area contributed by atoms with Crippen molar-refractivity contribution in [2.75, 3.05) is 0 Å². The monoisotopic (exact) mass is 237 g/mol. The molecule has 5 nitrogen and oxygen atoms in total. The fraction of sp³-hybridized carbons (Fsp3) is 0.333. The van der Waals surface area contributed by atoms with E-state index in [4.69, 9.17) is 9.84 Å². The van der Waals surface area contributed by atoms with Gasteiger partial charge in [0.25, 0.3) is 5.69 Å². The van der Waals surface area contributed by atoms with Gasteiger partial charge in [-0.15, -0.1) is 0 Å². The van der Waals surface area contributed by atoms with E-state index in [1.54, 1.807) is 6.26 Å². The Morgan fingerprint density at radius 2 is 2.29 bits per heavy atom. The summed E-state index contributed by atoms with van der Waals surface area (Å²) in [6, 6.07) is 4.30. The van der Waals surface area contributed by atoms with Gasteiger partial charge < -0.3 is 9.84 Å². The third kappa shape index (κ3) is 3.88. The van der Waals surface area contributed by atoms with Crippen molar-refractivity contribution in [2.45, 2.75) is 26.4 Å². The molecule has 1 aromatic carbocycles. The largest absolute Gasteiger partial charge is 0.465 e. The lowest BCUT2D eigenvalue weighted by molar-refractivity contribution is -0.385. The highest BCUT2D eigenvalue weighted by Gasteiger charge is 2.13. The first kappa shape index (κ1) is 13.2. The van der Waals surface area contributed by atoms with E-state index >= 15 is 0 Å². The molecule has 0 saturated heterocycles. The van der Waals surface area contributed by atoms with Crippen molar-refractivity contribution in [3.05, 3.63) is 46.2 Å². The SMILES string of the molecule is CCC/C=C/Oc1ccc([N+](=O)[O-])c(CO)c1. The summed E-state index contributed by atoms with van der Waals surface area (Å²) in [6.45, 7) is 1.67. The normalized spacial score (nSPS) is 10.7. The van der Waals surface area contributed by atoms with Crippen LogP contribution >= 0.6 is 0 Å². The molecule has 0 unspecified atom stereocenters. The molecular formula is C12H15NO4. The van der Waals surface area contributed by atoms with Crippen LogP contribution in [0.4, 0.5) is 5.69 Å². The molecule has 0 aliphatic rings. The van der Waals surface area contributed by atoms with Crippen LogP contribution in [0.2, 0.25) is 0 Å². The molecule has 0 aliphatic heterocycles. The zero-order valence-corrected chi connectivity index (χ0v) is 9.63. The van der Waals surface area contributed by atoms with Crippen LogP contribution in [-0.2, 0) is 6.61 Å². The van der Waals surface area contributed by atoms with Crippen LogP contribution < -0.4 is 4.74 Å². The van der Waals surface area contributed by atoms with Crippen LogP contribution in [-0.4, -0.2) is 10.0 Å². The number of aliphatic hydroxyl groups is 1. The number of hydrogen-bond acceptors (Lipinski definition) is 4. The summed E-state index contributed by atoms with van der Waals surface area (Å²) in [4.78, 5) is 10.1. The highest BCUT2D eigenvalue weighted by Crippen LogP contribution is 2.24. The van der Waals surface area contributed by atoms with Crippen LogP contribution in [0.3, 0.4) is 0 Å². The lowest BCUT2D eigenvalue weighted by atomic mass is 10.2. The summed E-state index contributed by atoms with van der Waals surface area (Å²) < 4.78 is 5.27. The van der Waals surface area contributed by atoms with Gasteiger partial charge in [0.05, 0.1) is 23.4 Å². The molecular weight excluding hydrogens is 222 g/mol. The van der Waals surface area contributed by atoms with Gasteiger partial charge in [0.1, 0.15) is 5.75 Å². The molecule has 92 valence electrons. The molecule has 0 radical (unpaired) electrons. The molecule has 17 heavy (non-hydrogen) atoms. The summed E-state index contributed by atoms with van der Waals surface area (Å²) in [5.41, 5.74) is 0.147. The van der Waals surface area contributed by atoms with Crippen molar-refractivity contribution in [1.82, 2.24) is 0 Å². The summed E-state index contributed by atoms with van der Waals surface area (Å²) >= 11 is 0. The van der Waals surface area contributed by atoms with Crippen LogP contribution in [0.25, 0.3) is 0 Å². The molecule has 1 rings (SSSR count). The lowest BCUT2D eigenvalue weighted by Gasteiger charge is -2.03. The summed E-state index contributed by atoms with van der Waals surface area (Å²) in [5, 5.41) is 19.7. The minimum atomic E-state index is -0.526. The molecule has 0 heterocycles. The first-order chi connectivity index (χ1) is 8.19. The summed E-state index contributed by atoms with van der Waals surface area (Å²) in [6.07, 6.45) is 5.37. The molecule has 0 saturated carbocycles. The Kier molecular flexibility index (Phi) is 5.16. The Bertz CT molecular complexity index is 415. The Labute approximate surface area is 99.5 Å². The minimum Gasteiger partial charge on any atom is -0.465 e. The van der Waals surface area contributed by atoms with Crippen LogP contribution in [0.15, 0.2) is 30.5 Å². The van der Waals surface area contributed by atoms with E-state index in [1.165, 1.54) is 18.2 Å². The van der Waals surface area contributed by atoms with Gasteiger partial charge >= 0.3 is 0 Å². The summed E-state index contributed by atoms with van der Waals surface area (Å²) in [7, 11) is 0. The smallest absolute Gasteiger partial charge is 0.275 e. The number of benzene rings is 1. The Morgan fingerprint density at radius 1 is 1.53 bits per heavy atom. The molecule has 0 aromatic heterocycles. The van der Waals surface area contributed by atoms with Crippen LogP contribution in [0.5, 0.6) is 5.75 Å². The average Bonchev–Trinajstić information content (AvgIpc) is 2.34. The van der Waals surface area contributed by atoms with E-state index in [0.29, 0.717) is 5.75 Å². The fourth-order valence-corrected chi connectivity index (χ4v) is 1.30. The predicted molar refractivity (Wildman–Crippen MR) is 63.7 cm³/mol. The van der Waals surface area contributed by atoms with Gasteiger partial charge in [0.2, 0.25) is 0 Å². The standard InChI is InChI=1S/C12H15NO4/c1-2-3-4-7-17-11-5-6-12(13(15)16)10(8-11)9-14/h4-8,14H,2-3,9H2,1H3/b7-4+. The Hall–Kier alpha value is -1.88. The minimum absolute atomic E-state index is 0.0996. The zero-order chi connectivity index (χ0) is 12.7. The third-order valence-electron chi connectivity index (χ3n) is 2.17. The Morgan fingerprint density at radius 3 is 2.88 bits per heavy atom. The van der Waals surface area contributed by atoms with Gasteiger partial charge in [-0.3, -0.25) is 10.1 Å². The average molecular weight is 237 g/mol. The maximum Gasteiger partial charge on any atom is 0.275 e. The first-order valence-electron chi connectivity index (χ1n) is 5.39. The van der Waals surface area contributed by atoms with Crippen molar-refractivity contribution in [3.63, 3.8) is 0 Å². The number of nitrogens with zero attached hydrogens (tertiary/aromatic N) is 1. The van der Waals surface area contributed by atoms with E-state index in [0.717, 1.165) is 12.8 Å². The van der Waals surface area contributed by atoms with Gasteiger partial charge in [0, 0.05) is 6.07 Å². The fourth-order valence-electron chi connectivity index (χ4n) is 1.30. The molecule has 1 aromatic rings. The van der Waals surface area contributed by atoms with Gasteiger partial charge in [-0.05, 0) is 24.6 Å². The highest BCUT2D eigenvalue weighted by atomic mass is 16.6. The maximum absolute atomic E-state index is 10.6. The molecule has 0 amide bonds. The van der Waals surface area contributed by atoms with Crippen molar-refractivity contribution in [3.8, 4) is 5.75 Å². The van der Waals surface area contributed by atoms with Gasteiger partial charge in [-0.25, -0.2) is 0 Å². The molecule has 0 spiro atoms. The zero-order valence-electron chi connectivity index (χ0n) is 9.63. The number of nitro benzene ring substituents is 1. The number of ether oxygens (including phenoxy) is 1. The van der Waals surface area contributed by atoms with E-state index in [9.17, 15) is 10.1 Å². The van der Waals surface area contributed by atoms with Crippen LogP contribution in [0.1, 0.15) is 25.3 Å². The number of aliphatic hydroxyl groups excluding tert-OH is 1. The van der Waals surface area contributed by atoms with Crippen LogP contribution in [0, 0.1) is 10.1 Å². The van der Waals surface area contributed by atoms with E-state index in [1.807, 2.05) is 6.08 Å². The van der Waals surface area contributed by atoms with Gasteiger partial charge in [0.15, 0.2) is 0 Å². The van der Waals surface area contributed by atoms with Crippen molar-refractivity contribution < 1.29 is 14.8 Å². The number of nitro groups is 1. The first-order valence-corrected chi connectivity index (χ1v) is 5.39. The van der Waals surface area contributed by atoms with E-state index in [-0.39, 0.29) is 17.9 Å². The van der Waals surface area contributed by atoms with Crippen molar-refractivity contribution in [2.24, 2.45) is 0 Å². The molecule has 5 heteroatoms. The van der Waals surface area contributed by atoms with E-state index in [2.05, 4.69) is 6.92 Å². The number of hydrogen-bond donors (Lipinski definition) is 1. The topological polar surface area (TPSA) is 72.6 Å². The number of rotatable bonds is 6. The Balaban J connectivity index is 2.79. The highest BCUT2D eigenvalue weighted by molar-refractivity contribution is 5.45. The quantitative estimate of drug-likeness (QED) is 0.469. The van der Waals surface area contributed by atoms with Crippen molar-refractivity contribution in [1.29, 1.82) is 0 Å². The molecule has 0 atom stereocenters. The maximum atomic E-state index is 10.6. The summed E-state index contributed by atoms with van der Waals surface area (Å²) in [5.74, 6) is 0.479. The van der Waals surface area contributed by atoms with Gasteiger partial charge in [-0.1, -0.05) is 13.3 Å². The molecule has 0 bridgehead atoms. The number of allylic oxidation sites excluding steroid dienone is 1. The van der Waals surface area contributed by atoms with Crippen molar-refractivity contribution >= 4 is 5.69 Å². The third-order valence-corrected chi connectivity index (χ3v) is 2.17. The van der Waals surface area contributed by atoms with E-state index < -0.39 is 4.92 Å². The second kappa shape index (κ2) is 6.65. The molecule has 1 N–H and O–H groups in total. The second-order valence-electron chi connectivity index (χ2n) is 3.48. The van der Waals surface area contributed by atoms with Gasteiger partial charge in [-0.2, -0.15) is 0 Å².